The molecule has 5 rings (SSSR count). The van der Waals surface area contributed by atoms with E-state index in [1.54, 1.807) is 36.4 Å². The third-order valence-corrected chi connectivity index (χ3v) is 6.66. The fourth-order valence-corrected chi connectivity index (χ4v) is 4.38. The second-order valence-electron chi connectivity index (χ2n) is 9.43. The number of esters is 2. The highest BCUT2D eigenvalue weighted by atomic mass is 16.5. The van der Waals surface area contributed by atoms with Crippen LogP contribution in [0.4, 0.5) is 0 Å². The van der Waals surface area contributed by atoms with Gasteiger partial charge in [0.25, 0.3) is 0 Å². The van der Waals surface area contributed by atoms with Gasteiger partial charge in [-0.1, -0.05) is 121 Å². The highest BCUT2D eigenvalue weighted by Crippen LogP contribution is 2.21. The molecule has 0 aliphatic heterocycles. The van der Waals surface area contributed by atoms with Gasteiger partial charge in [0.05, 0.1) is 11.1 Å². The fraction of sp³-hybridized carbons (Fsp3) is 0.0556. The molecule has 0 N–H and O–H groups in total. The van der Waals surface area contributed by atoms with Gasteiger partial charge >= 0.3 is 11.9 Å². The average Bonchev–Trinajstić information content (AvgIpc) is 3.06. The number of ether oxygens (including phenoxy) is 2. The second kappa shape index (κ2) is 13.2. The number of Topliss-reactive ketones (excluding diaryl/α,β-unsaturated/α-hetero) is 2. The molecule has 0 heterocycles. The Morgan fingerprint density at radius 2 is 0.690 bits per heavy atom. The Morgan fingerprint density at radius 1 is 0.381 bits per heavy atom. The molecule has 0 aliphatic rings. The molecule has 0 bridgehead atoms. The van der Waals surface area contributed by atoms with E-state index in [0.717, 1.165) is 22.3 Å². The van der Waals surface area contributed by atoms with Crippen LogP contribution in [0.25, 0.3) is 22.3 Å². The Hall–Kier alpha value is -5.62. The van der Waals surface area contributed by atoms with Crippen molar-refractivity contribution in [3.63, 3.8) is 0 Å². The Kier molecular flexibility index (Phi) is 8.75. The molecule has 5 aromatic carbocycles. The molecule has 5 aromatic rings. The van der Waals surface area contributed by atoms with Gasteiger partial charge in [-0.2, -0.15) is 0 Å². The summed E-state index contributed by atoms with van der Waals surface area (Å²) < 4.78 is 10.5. The van der Waals surface area contributed by atoms with Gasteiger partial charge < -0.3 is 9.47 Å². The van der Waals surface area contributed by atoms with Crippen LogP contribution in [0.1, 0.15) is 41.4 Å². The molecule has 0 fully saturated rings. The Labute approximate surface area is 243 Å². The molecule has 0 unspecified atom stereocenters. The van der Waals surface area contributed by atoms with E-state index < -0.39 is 25.2 Å². The SMILES string of the molecule is O=C(COC(=O)c1ccccc1C(=O)OCC(=O)c1ccc(-c2ccccc2)cc1)c1ccc(-c2ccccc2)cc1. The van der Waals surface area contributed by atoms with Gasteiger partial charge in [-0.25, -0.2) is 9.59 Å². The molecule has 6 nitrogen and oxygen atoms in total. The normalized spacial score (nSPS) is 10.5. The summed E-state index contributed by atoms with van der Waals surface area (Å²) >= 11 is 0. The zero-order chi connectivity index (χ0) is 29.3. The molecule has 0 aliphatic carbocycles. The summed E-state index contributed by atoms with van der Waals surface area (Å²) in [5.74, 6) is -2.46. The molecule has 0 radical (unpaired) electrons. The first-order chi connectivity index (χ1) is 20.5. The fourth-order valence-electron chi connectivity index (χ4n) is 4.38. The summed E-state index contributed by atoms with van der Waals surface area (Å²) in [7, 11) is 0. The number of ketones is 2. The van der Waals surface area contributed by atoms with Crippen molar-refractivity contribution in [1.82, 2.24) is 0 Å². The number of carbonyl (C=O) groups is 4. The minimum Gasteiger partial charge on any atom is -0.454 e. The average molecular weight is 555 g/mol. The van der Waals surface area contributed by atoms with E-state index in [4.69, 9.17) is 9.47 Å². The molecular weight excluding hydrogens is 528 g/mol. The topological polar surface area (TPSA) is 86.7 Å². The molecular formula is C36H26O6. The van der Waals surface area contributed by atoms with Crippen molar-refractivity contribution in [3.05, 3.63) is 156 Å². The number of hydrogen-bond donors (Lipinski definition) is 0. The van der Waals surface area contributed by atoms with Crippen LogP contribution in [0.5, 0.6) is 0 Å². The van der Waals surface area contributed by atoms with E-state index in [1.165, 1.54) is 12.1 Å². The standard InChI is InChI=1S/C36H26O6/c37-33(29-19-15-27(16-20-29)25-9-3-1-4-10-25)23-41-35(39)31-13-7-8-14-32(31)36(40)42-24-34(38)30-21-17-28(18-22-30)26-11-5-2-6-12-26/h1-22H,23-24H2. The van der Waals surface area contributed by atoms with Crippen LogP contribution in [0.3, 0.4) is 0 Å². The summed E-state index contributed by atoms with van der Waals surface area (Å²) in [6.45, 7) is -0.991. The number of carbonyl (C=O) groups excluding carboxylic acids is 4. The molecule has 0 atom stereocenters. The maximum absolute atomic E-state index is 12.8. The van der Waals surface area contributed by atoms with Crippen LogP contribution < -0.4 is 0 Å². The summed E-state index contributed by atoms with van der Waals surface area (Å²) in [4.78, 5) is 50.9. The molecule has 6 heteroatoms. The monoisotopic (exact) mass is 554 g/mol. The van der Waals surface area contributed by atoms with E-state index in [1.807, 2.05) is 84.9 Å². The lowest BCUT2D eigenvalue weighted by Gasteiger charge is -2.10. The minimum absolute atomic E-state index is 0.0608. The van der Waals surface area contributed by atoms with Gasteiger partial charge in [0.2, 0.25) is 0 Å². The van der Waals surface area contributed by atoms with Crippen LogP contribution >= 0.6 is 0 Å². The van der Waals surface area contributed by atoms with Gasteiger partial charge in [-0.05, 0) is 34.4 Å². The van der Waals surface area contributed by atoms with Gasteiger partial charge in [-0.3, -0.25) is 9.59 Å². The second-order valence-corrected chi connectivity index (χ2v) is 9.43. The first-order valence-electron chi connectivity index (χ1n) is 13.3. The van der Waals surface area contributed by atoms with Gasteiger partial charge in [0.1, 0.15) is 0 Å². The predicted molar refractivity (Wildman–Crippen MR) is 159 cm³/mol. The molecule has 206 valence electrons. The number of benzene rings is 5. The molecule has 0 saturated carbocycles. The number of hydrogen-bond acceptors (Lipinski definition) is 6. The molecule has 0 saturated heterocycles. The van der Waals surface area contributed by atoms with Crippen molar-refractivity contribution in [2.75, 3.05) is 13.2 Å². The Bertz CT molecular complexity index is 1580. The van der Waals surface area contributed by atoms with Crippen molar-refractivity contribution < 1.29 is 28.7 Å². The van der Waals surface area contributed by atoms with Crippen molar-refractivity contribution in [2.45, 2.75) is 0 Å². The van der Waals surface area contributed by atoms with E-state index in [-0.39, 0.29) is 22.7 Å². The van der Waals surface area contributed by atoms with Crippen molar-refractivity contribution in [2.24, 2.45) is 0 Å². The maximum Gasteiger partial charge on any atom is 0.339 e. The lowest BCUT2D eigenvalue weighted by atomic mass is 10.0. The van der Waals surface area contributed by atoms with Crippen LogP contribution in [-0.2, 0) is 9.47 Å². The Balaban J connectivity index is 1.17. The lowest BCUT2D eigenvalue weighted by Crippen LogP contribution is -2.19. The highest BCUT2D eigenvalue weighted by molar-refractivity contribution is 6.06. The minimum atomic E-state index is -0.848. The third kappa shape index (κ3) is 6.74. The van der Waals surface area contributed by atoms with E-state index in [9.17, 15) is 19.2 Å². The maximum atomic E-state index is 12.8. The zero-order valence-electron chi connectivity index (χ0n) is 22.6. The molecule has 0 aromatic heterocycles. The van der Waals surface area contributed by atoms with Gasteiger partial charge in [-0.15, -0.1) is 0 Å². The highest BCUT2D eigenvalue weighted by Gasteiger charge is 2.21. The first-order valence-corrected chi connectivity index (χ1v) is 13.3. The zero-order valence-corrected chi connectivity index (χ0v) is 22.6. The van der Waals surface area contributed by atoms with Crippen molar-refractivity contribution >= 4 is 23.5 Å². The summed E-state index contributed by atoms with van der Waals surface area (Å²) in [6.07, 6.45) is 0. The lowest BCUT2D eigenvalue weighted by molar-refractivity contribution is 0.0439. The van der Waals surface area contributed by atoms with Crippen LogP contribution in [0.15, 0.2) is 133 Å². The summed E-state index contributed by atoms with van der Waals surface area (Å²) in [5.41, 5.74) is 4.63. The molecule has 0 spiro atoms. The number of rotatable bonds is 10. The van der Waals surface area contributed by atoms with Crippen molar-refractivity contribution in [1.29, 1.82) is 0 Å². The van der Waals surface area contributed by atoms with Crippen molar-refractivity contribution in [3.8, 4) is 22.3 Å². The van der Waals surface area contributed by atoms with Crippen LogP contribution in [0.2, 0.25) is 0 Å². The van der Waals surface area contributed by atoms with E-state index in [2.05, 4.69) is 0 Å². The molecule has 42 heavy (non-hydrogen) atoms. The van der Waals surface area contributed by atoms with Crippen LogP contribution in [0, 0.1) is 0 Å². The van der Waals surface area contributed by atoms with E-state index >= 15 is 0 Å². The van der Waals surface area contributed by atoms with Gasteiger partial charge in [0.15, 0.2) is 24.8 Å². The molecule has 0 amide bonds. The Morgan fingerprint density at radius 3 is 1.05 bits per heavy atom. The van der Waals surface area contributed by atoms with Crippen LogP contribution in [-0.4, -0.2) is 36.7 Å². The third-order valence-electron chi connectivity index (χ3n) is 6.66. The summed E-state index contributed by atoms with van der Waals surface area (Å²) in [5, 5.41) is 0. The van der Waals surface area contributed by atoms with Gasteiger partial charge in [0, 0.05) is 11.1 Å². The quantitative estimate of drug-likeness (QED) is 0.135. The summed E-state index contributed by atoms with van der Waals surface area (Å²) in [6, 6.07) is 39.4. The van der Waals surface area contributed by atoms with E-state index in [0.29, 0.717) is 11.1 Å². The largest absolute Gasteiger partial charge is 0.454 e. The first kappa shape index (κ1) is 27.9. The smallest absolute Gasteiger partial charge is 0.339 e. The predicted octanol–water partition coefficient (Wildman–Crippen LogP) is 7.10.